The molecular weight excluding hydrogens is 224 g/mol. The molecule has 0 radical (unpaired) electrons. The van der Waals surface area contributed by atoms with Gasteiger partial charge in [0.15, 0.2) is 0 Å². The molecule has 3 N–H and O–H groups in total. The number of carboxylic acids is 1. The highest BCUT2D eigenvalue weighted by molar-refractivity contribution is 5.94. The molecule has 17 heavy (non-hydrogen) atoms. The van der Waals surface area contributed by atoms with Crippen molar-refractivity contribution in [3.8, 4) is 5.75 Å². The highest BCUT2D eigenvalue weighted by Crippen LogP contribution is 2.08. The SMILES string of the molecule is CC(CCC(=O)O)NC(=O)c1cncc(O)c1. The molecule has 1 rings (SSSR count). The Morgan fingerprint density at radius 1 is 1.47 bits per heavy atom. The summed E-state index contributed by atoms with van der Waals surface area (Å²) < 4.78 is 0. The van der Waals surface area contributed by atoms with Crippen LogP contribution in [0.15, 0.2) is 18.5 Å². The first-order valence-corrected chi connectivity index (χ1v) is 5.15. The quantitative estimate of drug-likeness (QED) is 0.703. The van der Waals surface area contributed by atoms with Crippen molar-refractivity contribution in [2.75, 3.05) is 0 Å². The van der Waals surface area contributed by atoms with Crippen LogP contribution in [0.5, 0.6) is 5.75 Å². The van der Waals surface area contributed by atoms with Crippen molar-refractivity contribution in [2.24, 2.45) is 0 Å². The number of nitrogens with one attached hydrogen (secondary N) is 1. The highest BCUT2D eigenvalue weighted by atomic mass is 16.4. The lowest BCUT2D eigenvalue weighted by Gasteiger charge is -2.12. The average molecular weight is 238 g/mol. The van der Waals surface area contributed by atoms with E-state index in [0.29, 0.717) is 6.42 Å². The van der Waals surface area contributed by atoms with Gasteiger partial charge >= 0.3 is 5.97 Å². The zero-order valence-electron chi connectivity index (χ0n) is 9.38. The number of rotatable bonds is 5. The third kappa shape index (κ3) is 4.50. The molecule has 0 spiro atoms. The molecule has 0 aliphatic heterocycles. The maximum absolute atomic E-state index is 11.6. The van der Waals surface area contributed by atoms with E-state index in [1.165, 1.54) is 18.5 Å². The van der Waals surface area contributed by atoms with E-state index in [1.54, 1.807) is 6.92 Å². The fourth-order valence-electron chi connectivity index (χ4n) is 1.27. The molecule has 0 saturated carbocycles. The van der Waals surface area contributed by atoms with Gasteiger partial charge in [0.2, 0.25) is 0 Å². The minimum Gasteiger partial charge on any atom is -0.506 e. The van der Waals surface area contributed by atoms with Crippen LogP contribution in [-0.4, -0.2) is 33.1 Å². The number of aromatic hydroxyl groups is 1. The minimum absolute atomic E-state index is 0.000262. The third-order valence-corrected chi connectivity index (χ3v) is 2.15. The highest BCUT2D eigenvalue weighted by Gasteiger charge is 2.11. The van der Waals surface area contributed by atoms with E-state index < -0.39 is 5.97 Å². The summed E-state index contributed by atoms with van der Waals surface area (Å²) in [5.41, 5.74) is 0.243. The predicted molar refractivity (Wildman–Crippen MR) is 59.7 cm³/mol. The first-order chi connectivity index (χ1) is 7.99. The molecule has 6 nitrogen and oxygen atoms in total. The van der Waals surface area contributed by atoms with Crippen molar-refractivity contribution in [3.63, 3.8) is 0 Å². The van der Waals surface area contributed by atoms with Gasteiger partial charge in [0, 0.05) is 18.7 Å². The molecule has 0 bridgehead atoms. The van der Waals surface area contributed by atoms with Gasteiger partial charge in [-0.3, -0.25) is 14.6 Å². The molecule has 0 aliphatic carbocycles. The van der Waals surface area contributed by atoms with E-state index in [-0.39, 0.29) is 29.7 Å². The summed E-state index contributed by atoms with van der Waals surface area (Å²) in [6.45, 7) is 1.72. The number of aromatic nitrogens is 1. The van der Waals surface area contributed by atoms with Crippen LogP contribution in [0.25, 0.3) is 0 Å². The summed E-state index contributed by atoms with van der Waals surface area (Å²) in [5, 5.41) is 20.3. The molecule has 0 aliphatic rings. The van der Waals surface area contributed by atoms with Gasteiger partial charge in [0.05, 0.1) is 11.8 Å². The van der Waals surface area contributed by atoms with Gasteiger partial charge in [-0.25, -0.2) is 0 Å². The first-order valence-electron chi connectivity index (χ1n) is 5.15. The Morgan fingerprint density at radius 3 is 2.76 bits per heavy atom. The number of hydrogen-bond acceptors (Lipinski definition) is 4. The summed E-state index contributed by atoms with van der Waals surface area (Å²) >= 11 is 0. The van der Waals surface area contributed by atoms with Crippen molar-refractivity contribution in [3.05, 3.63) is 24.0 Å². The maximum atomic E-state index is 11.6. The molecule has 0 aromatic carbocycles. The number of pyridine rings is 1. The second-order valence-corrected chi connectivity index (χ2v) is 3.74. The fourth-order valence-corrected chi connectivity index (χ4v) is 1.27. The monoisotopic (exact) mass is 238 g/mol. The third-order valence-electron chi connectivity index (χ3n) is 2.15. The first kappa shape index (κ1) is 13.0. The molecule has 1 heterocycles. The standard InChI is InChI=1S/C11H14N2O4/c1-7(2-3-10(15)16)13-11(17)8-4-9(14)6-12-5-8/h4-7,14H,2-3H2,1H3,(H,13,17)(H,15,16). The Labute approximate surface area is 98.3 Å². The number of carboxylic acid groups (broad SMARTS) is 1. The Hall–Kier alpha value is -2.11. The number of nitrogens with zero attached hydrogens (tertiary/aromatic N) is 1. The minimum atomic E-state index is -0.898. The Balaban J connectivity index is 2.51. The molecule has 1 aromatic rings. The molecule has 1 aromatic heterocycles. The average Bonchev–Trinajstić information content (AvgIpc) is 2.26. The van der Waals surface area contributed by atoms with Crippen molar-refractivity contribution in [2.45, 2.75) is 25.8 Å². The Bertz CT molecular complexity index is 420. The summed E-state index contributed by atoms with van der Waals surface area (Å²) in [6, 6.07) is 1.05. The van der Waals surface area contributed by atoms with Crippen LogP contribution in [0, 0.1) is 0 Å². The summed E-state index contributed by atoms with van der Waals surface area (Å²) in [7, 11) is 0. The predicted octanol–water partition coefficient (Wildman–Crippen LogP) is 0.770. The van der Waals surface area contributed by atoms with Gasteiger partial charge in [-0.05, 0) is 19.4 Å². The van der Waals surface area contributed by atoms with E-state index in [4.69, 9.17) is 10.2 Å². The fraction of sp³-hybridized carbons (Fsp3) is 0.364. The largest absolute Gasteiger partial charge is 0.506 e. The van der Waals surface area contributed by atoms with Gasteiger partial charge < -0.3 is 15.5 Å². The van der Waals surface area contributed by atoms with Crippen LogP contribution in [0.3, 0.4) is 0 Å². The van der Waals surface area contributed by atoms with E-state index in [0.717, 1.165) is 0 Å². The molecule has 92 valence electrons. The number of hydrogen-bond donors (Lipinski definition) is 3. The Morgan fingerprint density at radius 2 is 2.18 bits per heavy atom. The van der Waals surface area contributed by atoms with Gasteiger partial charge in [0.25, 0.3) is 5.91 Å². The van der Waals surface area contributed by atoms with Gasteiger partial charge in [-0.15, -0.1) is 0 Å². The molecular formula is C11H14N2O4. The van der Waals surface area contributed by atoms with E-state index >= 15 is 0 Å². The zero-order valence-corrected chi connectivity index (χ0v) is 9.38. The van der Waals surface area contributed by atoms with E-state index in [9.17, 15) is 9.59 Å². The lowest BCUT2D eigenvalue weighted by molar-refractivity contribution is -0.137. The van der Waals surface area contributed by atoms with Crippen LogP contribution in [-0.2, 0) is 4.79 Å². The number of carbonyl (C=O) groups is 2. The normalized spacial score (nSPS) is 11.8. The number of aliphatic carboxylic acids is 1. The van der Waals surface area contributed by atoms with Crippen LogP contribution < -0.4 is 5.32 Å². The molecule has 1 unspecified atom stereocenters. The molecule has 6 heteroatoms. The lowest BCUT2D eigenvalue weighted by Crippen LogP contribution is -2.32. The summed E-state index contributed by atoms with van der Waals surface area (Å²) in [5.74, 6) is -1.37. The number of amides is 1. The lowest BCUT2D eigenvalue weighted by atomic mass is 10.1. The molecule has 1 atom stereocenters. The summed E-state index contributed by atoms with van der Waals surface area (Å²) in [6.07, 6.45) is 2.91. The van der Waals surface area contributed by atoms with E-state index in [2.05, 4.69) is 10.3 Å². The smallest absolute Gasteiger partial charge is 0.303 e. The second kappa shape index (κ2) is 5.83. The van der Waals surface area contributed by atoms with Gasteiger partial charge in [-0.2, -0.15) is 0 Å². The van der Waals surface area contributed by atoms with Crippen molar-refractivity contribution in [1.82, 2.24) is 10.3 Å². The van der Waals surface area contributed by atoms with Crippen molar-refractivity contribution in [1.29, 1.82) is 0 Å². The van der Waals surface area contributed by atoms with Crippen LogP contribution in [0.1, 0.15) is 30.1 Å². The Kier molecular flexibility index (Phi) is 4.45. The summed E-state index contributed by atoms with van der Waals surface area (Å²) in [4.78, 5) is 25.7. The van der Waals surface area contributed by atoms with Crippen LogP contribution in [0.2, 0.25) is 0 Å². The van der Waals surface area contributed by atoms with Crippen LogP contribution >= 0.6 is 0 Å². The number of carbonyl (C=O) groups excluding carboxylic acids is 1. The van der Waals surface area contributed by atoms with Crippen molar-refractivity contribution < 1.29 is 19.8 Å². The maximum Gasteiger partial charge on any atom is 0.303 e. The molecule has 0 fully saturated rings. The van der Waals surface area contributed by atoms with Gasteiger partial charge in [0.1, 0.15) is 5.75 Å². The van der Waals surface area contributed by atoms with Crippen LogP contribution in [0.4, 0.5) is 0 Å². The molecule has 1 amide bonds. The zero-order chi connectivity index (χ0) is 12.8. The molecule has 0 saturated heterocycles. The van der Waals surface area contributed by atoms with Gasteiger partial charge in [-0.1, -0.05) is 0 Å². The topological polar surface area (TPSA) is 99.5 Å². The second-order valence-electron chi connectivity index (χ2n) is 3.74. The van der Waals surface area contributed by atoms with Crippen molar-refractivity contribution >= 4 is 11.9 Å². The van der Waals surface area contributed by atoms with E-state index in [1.807, 2.05) is 0 Å².